The van der Waals surface area contributed by atoms with Crippen LogP contribution in [-0.2, 0) is 12.8 Å². The zero-order valence-corrected chi connectivity index (χ0v) is 10.6. The van der Waals surface area contributed by atoms with Crippen LogP contribution < -0.4 is 0 Å². The van der Waals surface area contributed by atoms with Crippen molar-refractivity contribution in [3.63, 3.8) is 0 Å². The maximum Gasteiger partial charge on any atom is 0.0404 e. The first kappa shape index (κ1) is 15.6. The number of pyridine rings is 1. The van der Waals surface area contributed by atoms with E-state index in [9.17, 15) is 0 Å². The van der Waals surface area contributed by atoms with Gasteiger partial charge in [0, 0.05) is 11.4 Å². The van der Waals surface area contributed by atoms with Crippen molar-refractivity contribution < 1.29 is 0 Å². The van der Waals surface area contributed by atoms with Crippen molar-refractivity contribution in [1.82, 2.24) is 4.98 Å². The van der Waals surface area contributed by atoms with Gasteiger partial charge in [0.15, 0.2) is 0 Å². The molecule has 0 saturated heterocycles. The average Bonchev–Trinajstić information content (AvgIpc) is 2.34. The molecule has 0 bridgehead atoms. The third-order valence-electron chi connectivity index (χ3n) is 1.59. The number of hydrogen-bond donors (Lipinski definition) is 0. The maximum atomic E-state index is 4.41. The number of hydrogen-bond acceptors (Lipinski definition) is 1. The summed E-state index contributed by atoms with van der Waals surface area (Å²) in [5.74, 6) is 0. The van der Waals surface area contributed by atoms with Gasteiger partial charge in [0.25, 0.3) is 0 Å². The van der Waals surface area contributed by atoms with Crippen molar-refractivity contribution >= 4 is 0 Å². The van der Waals surface area contributed by atoms with Gasteiger partial charge in [0.2, 0.25) is 0 Å². The molecule has 1 rings (SSSR count). The van der Waals surface area contributed by atoms with Crippen LogP contribution in [0.25, 0.3) is 0 Å². The van der Waals surface area contributed by atoms with E-state index in [4.69, 9.17) is 0 Å². The molecule has 0 aromatic carbocycles. The van der Waals surface area contributed by atoms with Gasteiger partial charge in [-0.1, -0.05) is 47.6 Å². The fourth-order valence-electron chi connectivity index (χ4n) is 0.923. The molecule has 1 aromatic rings. The quantitative estimate of drug-likeness (QED) is 0.687. The second-order valence-corrected chi connectivity index (χ2v) is 2.33. The molecule has 1 heterocycles. The number of aryl methyl sites for hydroxylation is 2. The first-order chi connectivity index (χ1) is 6.86. The third-order valence-corrected chi connectivity index (χ3v) is 1.59. The highest BCUT2D eigenvalue weighted by atomic mass is 14.7. The van der Waals surface area contributed by atoms with Crippen molar-refractivity contribution in [3.8, 4) is 0 Å². The zero-order valence-electron chi connectivity index (χ0n) is 10.6. The molecule has 0 radical (unpaired) electrons. The smallest absolute Gasteiger partial charge is 0.0404 e. The molecular formula is C13H25N. The second-order valence-electron chi connectivity index (χ2n) is 2.33. The summed E-state index contributed by atoms with van der Waals surface area (Å²) in [6.45, 7) is 12.3. The molecule has 0 spiro atoms. The largest absolute Gasteiger partial charge is 0.258 e. The Morgan fingerprint density at radius 3 is 1.50 bits per heavy atom. The molecule has 1 nitrogen and oxygen atoms in total. The van der Waals surface area contributed by atoms with Gasteiger partial charge in [-0.15, -0.1) is 0 Å². The Bertz CT molecular complexity index is 187. The molecule has 0 fully saturated rings. The van der Waals surface area contributed by atoms with Gasteiger partial charge in [0.1, 0.15) is 0 Å². The standard InChI is InChI=1S/C9H13N.2C2H6/c1-3-8-6-5-7-9(4-2)10-8;2*1-2/h5-7H,3-4H2,1-2H3;2*1-2H3. The monoisotopic (exact) mass is 195 g/mol. The molecule has 82 valence electrons. The zero-order chi connectivity index (χ0) is 11.4. The molecule has 1 heteroatoms. The lowest BCUT2D eigenvalue weighted by atomic mass is 10.2. The molecule has 0 unspecified atom stereocenters. The Hall–Kier alpha value is -0.850. The minimum atomic E-state index is 1.04. The third kappa shape index (κ3) is 6.64. The average molecular weight is 195 g/mol. The highest BCUT2D eigenvalue weighted by molar-refractivity contribution is 5.10. The molecule has 0 aliphatic heterocycles. The molecule has 0 amide bonds. The van der Waals surface area contributed by atoms with E-state index < -0.39 is 0 Å². The fourth-order valence-corrected chi connectivity index (χ4v) is 0.923. The molecule has 0 aliphatic rings. The molecule has 1 aromatic heterocycles. The summed E-state index contributed by atoms with van der Waals surface area (Å²) >= 11 is 0. The Labute approximate surface area is 89.6 Å². The Balaban J connectivity index is 0. The number of aromatic nitrogens is 1. The second kappa shape index (κ2) is 12.2. The van der Waals surface area contributed by atoms with Gasteiger partial charge in [0.05, 0.1) is 0 Å². The number of nitrogens with zero attached hydrogens (tertiary/aromatic N) is 1. The van der Waals surface area contributed by atoms with Gasteiger partial charge >= 0.3 is 0 Å². The lowest BCUT2D eigenvalue weighted by Gasteiger charge is -1.97. The lowest BCUT2D eigenvalue weighted by molar-refractivity contribution is 0.955. The van der Waals surface area contributed by atoms with E-state index in [1.54, 1.807) is 0 Å². The first-order valence-electron chi connectivity index (χ1n) is 5.81. The van der Waals surface area contributed by atoms with E-state index in [2.05, 4.69) is 37.0 Å². The van der Waals surface area contributed by atoms with Crippen LogP contribution in [0.5, 0.6) is 0 Å². The summed E-state index contributed by atoms with van der Waals surface area (Å²) < 4.78 is 0. The molecule has 0 atom stereocenters. The van der Waals surface area contributed by atoms with Crippen LogP contribution in [0.3, 0.4) is 0 Å². The summed E-state index contributed by atoms with van der Waals surface area (Å²) in [5.41, 5.74) is 2.39. The van der Waals surface area contributed by atoms with Crippen molar-refractivity contribution in [2.24, 2.45) is 0 Å². The van der Waals surface area contributed by atoms with E-state index in [0.29, 0.717) is 0 Å². The first-order valence-corrected chi connectivity index (χ1v) is 5.81. The topological polar surface area (TPSA) is 12.9 Å². The van der Waals surface area contributed by atoms with Crippen LogP contribution in [0.4, 0.5) is 0 Å². The Kier molecular flexibility index (Phi) is 13.6. The lowest BCUT2D eigenvalue weighted by Crippen LogP contribution is -1.91. The van der Waals surface area contributed by atoms with Crippen molar-refractivity contribution in [1.29, 1.82) is 0 Å². The van der Waals surface area contributed by atoms with E-state index in [1.165, 1.54) is 11.4 Å². The van der Waals surface area contributed by atoms with Crippen LogP contribution in [0.2, 0.25) is 0 Å². The van der Waals surface area contributed by atoms with Crippen molar-refractivity contribution in [2.45, 2.75) is 54.4 Å². The van der Waals surface area contributed by atoms with Crippen molar-refractivity contribution in [3.05, 3.63) is 29.6 Å². The van der Waals surface area contributed by atoms with E-state index in [1.807, 2.05) is 27.7 Å². The van der Waals surface area contributed by atoms with E-state index >= 15 is 0 Å². The Morgan fingerprint density at radius 1 is 0.857 bits per heavy atom. The van der Waals surface area contributed by atoms with E-state index in [-0.39, 0.29) is 0 Å². The highest BCUT2D eigenvalue weighted by Gasteiger charge is 1.91. The van der Waals surface area contributed by atoms with Crippen LogP contribution in [0.15, 0.2) is 18.2 Å². The molecule has 14 heavy (non-hydrogen) atoms. The SMILES string of the molecule is CC.CC.CCc1cccc(CC)n1. The normalized spacial score (nSPS) is 7.86. The molecule has 0 N–H and O–H groups in total. The summed E-state index contributed by atoms with van der Waals surface area (Å²) in [6.07, 6.45) is 2.07. The predicted octanol–water partition coefficient (Wildman–Crippen LogP) is 4.26. The van der Waals surface area contributed by atoms with Gasteiger partial charge in [-0.05, 0) is 25.0 Å². The predicted molar refractivity (Wildman–Crippen MR) is 65.7 cm³/mol. The highest BCUT2D eigenvalue weighted by Crippen LogP contribution is 1.99. The summed E-state index contributed by atoms with van der Waals surface area (Å²) in [5, 5.41) is 0. The van der Waals surface area contributed by atoms with Crippen molar-refractivity contribution in [2.75, 3.05) is 0 Å². The van der Waals surface area contributed by atoms with Gasteiger partial charge in [-0.3, -0.25) is 4.98 Å². The van der Waals surface area contributed by atoms with Crippen LogP contribution in [0.1, 0.15) is 52.9 Å². The van der Waals surface area contributed by atoms with Gasteiger partial charge in [-0.25, -0.2) is 0 Å². The van der Waals surface area contributed by atoms with Gasteiger partial charge < -0.3 is 0 Å². The Morgan fingerprint density at radius 2 is 1.21 bits per heavy atom. The summed E-state index contributed by atoms with van der Waals surface area (Å²) in [6, 6.07) is 6.21. The molecule has 0 aliphatic carbocycles. The minimum Gasteiger partial charge on any atom is -0.258 e. The summed E-state index contributed by atoms with van der Waals surface area (Å²) in [4.78, 5) is 4.41. The van der Waals surface area contributed by atoms with Crippen LogP contribution >= 0.6 is 0 Å². The number of rotatable bonds is 2. The van der Waals surface area contributed by atoms with Crippen LogP contribution in [-0.4, -0.2) is 4.98 Å². The van der Waals surface area contributed by atoms with E-state index in [0.717, 1.165) is 12.8 Å². The fraction of sp³-hybridized carbons (Fsp3) is 0.615. The molecular weight excluding hydrogens is 170 g/mol. The maximum absolute atomic E-state index is 4.41. The molecule has 0 saturated carbocycles. The summed E-state index contributed by atoms with van der Waals surface area (Å²) in [7, 11) is 0. The minimum absolute atomic E-state index is 1.04. The van der Waals surface area contributed by atoms with Crippen LogP contribution in [0, 0.1) is 0 Å². The van der Waals surface area contributed by atoms with Gasteiger partial charge in [-0.2, -0.15) is 0 Å².